The molecule has 1 amide bonds. The summed E-state index contributed by atoms with van der Waals surface area (Å²) in [6.45, 7) is 5.01. The molecular formula is C20H20N2O3S. The summed E-state index contributed by atoms with van der Waals surface area (Å²) in [7, 11) is 0. The average Bonchev–Trinajstić information content (AvgIpc) is 2.89. The number of amidine groups is 1. The molecule has 0 aromatic heterocycles. The minimum Gasteiger partial charge on any atom is -0.490 e. The van der Waals surface area contributed by atoms with Gasteiger partial charge < -0.3 is 15.2 Å². The summed E-state index contributed by atoms with van der Waals surface area (Å²) < 4.78 is 11.4. The van der Waals surface area contributed by atoms with Gasteiger partial charge in [-0.3, -0.25) is 4.79 Å². The number of nitrogens with zero attached hydrogens (tertiary/aromatic N) is 1. The van der Waals surface area contributed by atoms with E-state index in [0.29, 0.717) is 18.1 Å². The number of benzene rings is 2. The van der Waals surface area contributed by atoms with Crippen LogP contribution in [0.2, 0.25) is 0 Å². The summed E-state index contributed by atoms with van der Waals surface area (Å²) in [5, 5.41) is 0.282. The van der Waals surface area contributed by atoms with E-state index in [9.17, 15) is 4.79 Å². The number of carbonyl (C=O) groups is 1. The fraction of sp³-hybridized carbons (Fsp3) is 0.200. The Morgan fingerprint density at radius 2 is 1.62 bits per heavy atom. The number of rotatable bonds is 6. The van der Waals surface area contributed by atoms with Gasteiger partial charge in [0.25, 0.3) is 5.91 Å². The highest BCUT2D eigenvalue weighted by Crippen LogP contribution is 2.26. The molecule has 0 unspecified atom stereocenters. The molecule has 2 N–H and O–H groups in total. The second kappa shape index (κ2) is 8.10. The largest absolute Gasteiger partial charge is 0.490 e. The number of nitrogens with two attached hydrogens (primary N) is 1. The maximum Gasteiger partial charge on any atom is 0.286 e. The van der Waals surface area contributed by atoms with Crippen LogP contribution in [-0.4, -0.2) is 24.3 Å². The first kappa shape index (κ1) is 18.1. The van der Waals surface area contributed by atoms with Gasteiger partial charge in [0.15, 0.2) is 5.17 Å². The van der Waals surface area contributed by atoms with E-state index in [1.54, 1.807) is 6.08 Å². The Kier molecular flexibility index (Phi) is 5.63. The third-order valence-electron chi connectivity index (χ3n) is 3.63. The lowest BCUT2D eigenvalue weighted by atomic mass is 10.1. The quantitative estimate of drug-likeness (QED) is 0.622. The molecule has 0 radical (unpaired) electrons. The zero-order chi connectivity index (χ0) is 18.5. The minimum absolute atomic E-state index is 0.282. The molecule has 26 heavy (non-hydrogen) atoms. The Balaban J connectivity index is 1.49. The van der Waals surface area contributed by atoms with Gasteiger partial charge in [-0.1, -0.05) is 18.2 Å². The van der Waals surface area contributed by atoms with Gasteiger partial charge in [0.1, 0.15) is 24.7 Å². The molecule has 0 atom stereocenters. The van der Waals surface area contributed by atoms with Crippen molar-refractivity contribution in [3.05, 3.63) is 64.1 Å². The van der Waals surface area contributed by atoms with E-state index in [1.807, 2.05) is 50.2 Å². The molecule has 2 aromatic carbocycles. The molecule has 0 spiro atoms. The van der Waals surface area contributed by atoms with Crippen molar-refractivity contribution < 1.29 is 14.3 Å². The number of hydrogen-bond acceptors (Lipinski definition) is 5. The Morgan fingerprint density at radius 3 is 2.19 bits per heavy atom. The standard InChI is InChI=1S/C20H20N2O3S/c1-13-9-14(2)11-17(10-13)25-8-7-24-16-5-3-15(4-6-16)12-18-19(23)22-20(21)26-18/h3-6,9-12H,7-8H2,1-2H3,(H2,21,22,23)/b18-12+. The third-order valence-corrected chi connectivity index (χ3v) is 4.44. The lowest BCUT2D eigenvalue weighted by molar-refractivity contribution is -0.113. The van der Waals surface area contributed by atoms with Gasteiger partial charge >= 0.3 is 0 Å². The van der Waals surface area contributed by atoms with Gasteiger partial charge in [-0.2, -0.15) is 4.99 Å². The Hall–Kier alpha value is -2.73. The Morgan fingerprint density at radius 1 is 1.00 bits per heavy atom. The predicted molar refractivity (Wildman–Crippen MR) is 106 cm³/mol. The van der Waals surface area contributed by atoms with Crippen molar-refractivity contribution in [3.8, 4) is 11.5 Å². The molecule has 0 saturated carbocycles. The first-order valence-corrected chi connectivity index (χ1v) is 9.03. The van der Waals surface area contributed by atoms with Crippen molar-refractivity contribution in [2.75, 3.05) is 13.2 Å². The lowest BCUT2D eigenvalue weighted by Gasteiger charge is -2.10. The van der Waals surface area contributed by atoms with Crippen molar-refractivity contribution in [2.24, 2.45) is 10.7 Å². The van der Waals surface area contributed by atoms with E-state index in [2.05, 4.69) is 11.1 Å². The summed E-state index contributed by atoms with van der Waals surface area (Å²) in [5.74, 6) is 1.31. The van der Waals surface area contributed by atoms with Crippen LogP contribution in [0, 0.1) is 13.8 Å². The van der Waals surface area contributed by atoms with Crippen LogP contribution in [0.5, 0.6) is 11.5 Å². The molecule has 0 bridgehead atoms. The highest BCUT2D eigenvalue weighted by atomic mass is 32.2. The molecular weight excluding hydrogens is 348 g/mol. The number of amides is 1. The van der Waals surface area contributed by atoms with Crippen molar-refractivity contribution >= 4 is 28.9 Å². The van der Waals surface area contributed by atoms with Gasteiger partial charge in [0, 0.05) is 0 Å². The normalized spacial score (nSPS) is 15.2. The smallest absolute Gasteiger partial charge is 0.286 e. The van der Waals surface area contributed by atoms with Crippen LogP contribution >= 0.6 is 11.8 Å². The van der Waals surface area contributed by atoms with Gasteiger partial charge in [0.2, 0.25) is 0 Å². The molecule has 2 aromatic rings. The monoisotopic (exact) mass is 368 g/mol. The van der Waals surface area contributed by atoms with Crippen molar-refractivity contribution in [3.63, 3.8) is 0 Å². The molecule has 0 aliphatic carbocycles. The number of carbonyl (C=O) groups excluding carboxylic acids is 1. The minimum atomic E-state index is -0.295. The summed E-state index contributed by atoms with van der Waals surface area (Å²) in [6.07, 6.45) is 1.77. The lowest BCUT2D eigenvalue weighted by Crippen LogP contribution is -2.09. The maximum atomic E-state index is 11.6. The molecule has 1 aliphatic rings. The summed E-state index contributed by atoms with van der Waals surface area (Å²) in [5.41, 5.74) is 8.79. The van der Waals surface area contributed by atoms with Crippen molar-refractivity contribution in [1.29, 1.82) is 0 Å². The van der Waals surface area contributed by atoms with E-state index in [4.69, 9.17) is 15.2 Å². The third kappa shape index (κ3) is 4.89. The van der Waals surface area contributed by atoms with Crippen LogP contribution in [-0.2, 0) is 4.79 Å². The van der Waals surface area contributed by atoms with Crippen LogP contribution in [0.15, 0.2) is 52.4 Å². The molecule has 0 fully saturated rings. The SMILES string of the molecule is Cc1cc(C)cc(OCCOc2ccc(/C=C3/SC(N)=NC3=O)cc2)c1. The fourth-order valence-corrected chi connectivity index (χ4v) is 3.25. The molecule has 6 heteroatoms. The fourth-order valence-electron chi connectivity index (χ4n) is 2.57. The Bertz CT molecular complexity index is 853. The summed E-state index contributed by atoms with van der Waals surface area (Å²) in [4.78, 5) is 15.8. The van der Waals surface area contributed by atoms with Crippen molar-refractivity contribution in [1.82, 2.24) is 0 Å². The van der Waals surface area contributed by atoms with Gasteiger partial charge in [-0.25, -0.2) is 0 Å². The van der Waals surface area contributed by atoms with Gasteiger partial charge in [-0.05, 0) is 72.6 Å². The molecule has 5 nitrogen and oxygen atoms in total. The van der Waals surface area contributed by atoms with Crippen LogP contribution in [0.3, 0.4) is 0 Å². The van der Waals surface area contributed by atoms with Crippen LogP contribution in [0.25, 0.3) is 6.08 Å². The van der Waals surface area contributed by atoms with E-state index in [-0.39, 0.29) is 11.1 Å². The summed E-state index contributed by atoms with van der Waals surface area (Å²) >= 11 is 1.18. The van der Waals surface area contributed by atoms with E-state index in [0.717, 1.165) is 17.1 Å². The van der Waals surface area contributed by atoms with Gasteiger partial charge in [0.05, 0.1) is 4.91 Å². The number of ether oxygens (including phenoxy) is 2. The van der Waals surface area contributed by atoms with Crippen LogP contribution < -0.4 is 15.2 Å². The van der Waals surface area contributed by atoms with Crippen LogP contribution in [0.4, 0.5) is 0 Å². The molecule has 3 rings (SSSR count). The summed E-state index contributed by atoms with van der Waals surface area (Å²) in [6, 6.07) is 13.6. The number of thioether (sulfide) groups is 1. The van der Waals surface area contributed by atoms with Crippen LogP contribution in [0.1, 0.15) is 16.7 Å². The first-order chi connectivity index (χ1) is 12.5. The first-order valence-electron chi connectivity index (χ1n) is 8.21. The van der Waals surface area contributed by atoms with E-state index in [1.165, 1.54) is 22.9 Å². The highest BCUT2D eigenvalue weighted by Gasteiger charge is 2.19. The van der Waals surface area contributed by atoms with Crippen molar-refractivity contribution in [2.45, 2.75) is 13.8 Å². The second-order valence-corrected chi connectivity index (χ2v) is 7.02. The molecule has 1 aliphatic heterocycles. The molecule has 1 heterocycles. The number of aryl methyl sites for hydroxylation is 2. The Labute approximate surface area is 156 Å². The maximum absolute atomic E-state index is 11.6. The predicted octanol–water partition coefficient (Wildman–Crippen LogP) is 3.69. The highest BCUT2D eigenvalue weighted by molar-refractivity contribution is 8.18. The molecule has 0 saturated heterocycles. The average molecular weight is 368 g/mol. The number of aliphatic imine (C=N–C) groups is 1. The number of hydrogen-bond donors (Lipinski definition) is 1. The second-order valence-electron chi connectivity index (χ2n) is 5.96. The van der Waals surface area contributed by atoms with E-state index < -0.39 is 0 Å². The zero-order valence-corrected chi connectivity index (χ0v) is 15.5. The zero-order valence-electron chi connectivity index (χ0n) is 14.7. The van der Waals surface area contributed by atoms with E-state index >= 15 is 0 Å². The van der Waals surface area contributed by atoms with Gasteiger partial charge in [-0.15, -0.1) is 0 Å². The molecule has 134 valence electrons. The topological polar surface area (TPSA) is 73.9 Å².